The third-order valence-electron chi connectivity index (χ3n) is 3.46. The van der Waals surface area contributed by atoms with Crippen LogP contribution in [0.2, 0.25) is 0 Å². The molecule has 0 unspecified atom stereocenters. The summed E-state index contributed by atoms with van der Waals surface area (Å²) in [5, 5.41) is 10.0. The van der Waals surface area contributed by atoms with E-state index in [4.69, 9.17) is 15.2 Å². The van der Waals surface area contributed by atoms with Crippen LogP contribution >= 0.6 is 0 Å². The first-order valence-corrected chi connectivity index (χ1v) is 7.41. The Morgan fingerprint density at radius 3 is 2.50 bits per heavy atom. The number of carbonyl (C=O) groups is 2. The average molecular weight is 329 g/mol. The molecule has 0 amide bonds. The number of benzene rings is 2. The number of carbonyl (C=O) groups excluding carboxylic acids is 2. The minimum atomic E-state index is -0.528. The summed E-state index contributed by atoms with van der Waals surface area (Å²) in [4.78, 5) is 23.3. The lowest BCUT2D eigenvalue weighted by atomic mass is 10.1. The molecule has 126 valence electrons. The molecule has 24 heavy (non-hydrogen) atoms. The van der Waals surface area contributed by atoms with Crippen LogP contribution in [0.3, 0.4) is 0 Å². The molecule has 0 radical (unpaired) electrons. The molecule has 0 aliphatic heterocycles. The van der Waals surface area contributed by atoms with Crippen LogP contribution in [0.5, 0.6) is 11.5 Å². The highest BCUT2D eigenvalue weighted by Crippen LogP contribution is 2.30. The van der Waals surface area contributed by atoms with Gasteiger partial charge in [0, 0.05) is 5.56 Å². The highest BCUT2D eigenvalue weighted by molar-refractivity contribution is 6.00. The Bertz CT molecular complexity index is 728. The maximum atomic E-state index is 11.7. The van der Waals surface area contributed by atoms with E-state index in [2.05, 4.69) is 0 Å². The molecule has 2 rings (SSSR count). The molecule has 0 heterocycles. The number of hydrogen-bond acceptors (Lipinski definition) is 6. The molecule has 0 aromatic heterocycles. The predicted molar refractivity (Wildman–Crippen MR) is 88.0 cm³/mol. The lowest BCUT2D eigenvalue weighted by Gasteiger charge is -2.12. The van der Waals surface area contributed by atoms with Crippen molar-refractivity contribution in [3.8, 4) is 11.5 Å². The monoisotopic (exact) mass is 329 g/mol. The van der Waals surface area contributed by atoms with Crippen LogP contribution < -0.4 is 10.5 Å². The van der Waals surface area contributed by atoms with Gasteiger partial charge in [-0.05, 0) is 24.6 Å². The Balaban J connectivity index is 1.93. The van der Waals surface area contributed by atoms with Gasteiger partial charge in [-0.15, -0.1) is 0 Å². The molecule has 6 nitrogen and oxygen atoms in total. The van der Waals surface area contributed by atoms with Gasteiger partial charge < -0.3 is 20.3 Å². The zero-order valence-corrected chi connectivity index (χ0v) is 13.3. The minimum Gasteiger partial charge on any atom is -0.507 e. The smallest absolute Gasteiger partial charge is 0.344 e. The first kappa shape index (κ1) is 17.5. The normalized spacial score (nSPS) is 10.2. The Morgan fingerprint density at radius 2 is 1.83 bits per heavy atom. The first-order valence-electron chi connectivity index (χ1n) is 7.41. The van der Waals surface area contributed by atoms with Crippen LogP contribution in [0.4, 0.5) is 0 Å². The number of ether oxygens (including phenoxy) is 2. The van der Waals surface area contributed by atoms with Crippen molar-refractivity contribution >= 4 is 11.8 Å². The Labute approximate surface area is 139 Å². The van der Waals surface area contributed by atoms with Crippen LogP contribution in [-0.4, -0.2) is 30.0 Å². The van der Waals surface area contributed by atoms with Gasteiger partial charge in [0.2, 0.25) is 0 Å². The number of aromatic hydroxyl groups is 1. The molecular formula is C18H19NO5. The predicted octanol–water partition coefficient (Wildman–Crippen LogP) is 1.96. The zero-order chi connectivity index (χ0) is 17.5. The minimum absolute atomic E-state index is 0.133. The maximum Gasteiger partial charge on any atom is 0.344 e. The standard InChI is InChI=1S/C18H19NO5/c1-12-16(8-7-14(18(12)22)15(20)9-19)23-11-17(21)24-10-13-5-3-2-4-6-13/h2-8,22H,9-11,19H2,1H3. The molecule has 0 saturated heterocycles. The molecule has 0 aliphatic rings. The van der Waals surface area contributed by atoms with Gasteiger partial charge in [0.25, 0.3) is 0 Å². The topological polar surface area (TPSA) is 98.9 Å². The van der Waals surface area contributed by atoms with Gasteiger partial charge in [-0.2, -0.15) is 0 Å². The SMILES string of the molecule is Cc1c(OCC(=O)OCc2ccccc2)ccc(C(=O)CN)c1O. The van der Waals surface area contributed by atoms with E-state index < -0.39 is 5.97 Å². The number of phenolic OH excluding ortho intramolecular Hbond substituents is 1. The molecule has 2 aromatic carbocycles. The first-order chi connectivity index (χ1) is 11.5. The molecular weight excluding hydrogens is 310 g/mol. The summed E-state index contributed by atoms with van der Waals surface area (Å²) < 4.78 is 10.5. The number of phenols is 1. The number of Topliss-reactive ketones (excluding diaryl/α,β-unsaturated/α-hetero) is 1. The van der Waals surface area contributed by atoms with Crippen molar-refractivity contribution < 1.29 is 24.2 Å². The number of ketones is 1. The van der Waals surface area contributed by atoms with Gasteiger partial charge in [-0.25, -0.2) is 4.79 Å². The molecule has 0 fully saturated rings. The molecule has 6 heteroatoms. The number of rotatable bonds is 7. The van der Waals surface area contributed by atoms with Crippen LogP contribution in [0.1, 0.15) is 21.5 Å². The summed E-state index contributed by atoms with van der Waals surface area (Å²) in [7, 11) is 0. The zero-order valence-electron chi connectivity index (χ0n) is 13.3. The largest absolute Gasteiger partial charge is 0.507 e. The quantitative estimate of drug-likeness (QED) is 0.595. The van der Waals surface area contributed by atoms with E-state index in [9.17, 15) is 14.7 Å². The van der Waals surface area contributed by atoms with E-state index in [1.807, 2.05) is 30.3 Å². The van der Waals surface area contributed by atoms with Crippen LogP contribution in [0, 0.1) is 6.92 Å². The van der Waals surface area contributed by atoms with Gasteiger partial charge in [0.05, 0.1) is 12.1 Å². The van der Waals surface area contributed by atoms with Crippen LogP contribution in [-0.2, 0) is 16.1 Å². The lowest BCUT2D eigenvalue weighted by molar-refractivity contribution is -0.147. The van der Waals surface area contributed by atoms with Gasteiger partial charge in [0.1, 0.15) is 18.1 Å². The third-order valence-corrected chi connectivity index (χ3v) is 3.46. The van der Waals surface area contributed by atoms with E-state index in [-0.39, 0.29) is 36.9 Å². The second-order valence-corrected chi connectivity index (χ2v) is 5.15. The van der Waals surface area contributed by atoms with Crippen molar-refractivity contribution in [2.75, 3.05) is 13.2 Å². The fourth-order valence-electron chi connectivity index (χ4n) is 2.09. The van der Waals surface area contributed by atoms with Crippen molar-refractivity contribution in [3.63, 3.8) is 0 Å². The average Bonchev–Trinajstić information content (AvgIpc) is 2.61. The molecule has 0 saturated carbocycles. The molecule has 3 N–H and O–H groups in total. The number of hydrogen-bond donors (Lipinski definition) is 2. The molecule has 0 bridgehead atoms. The summed E-state index contributed by atoms with van der Waals surface area (Å²) in [5.74, 6) is -0.789. The van der Waals surface area contributed by atoms with Crippen molar-refractivity contribution in [1.82, 2.24) is 0 Å². The summed E-state index contributed by atoms with van der Waals surface area (Å²) in [6.07, 6.45) is 0. The number of nitrogens with two attached hydrogens (primary N) is 1. The maximum absolute atomic E-state index is 11.7. The van der Waals surface area contributed by atoms with Crippen molar-refractivity contribution in [1.29, 1.82) is 0 Å². The lowest BCUT2D eigenvalue weighted by Crippen LogP contribution is -2.16. The summed E-state index contributed by atoms with van der Waals surface area (Å²) in [5.41, 5.74) is 6.67. The summed E-state index contributed by atoms with van der Waals surface area (Å²) in [6.45, 7) is 1.26. The highest BCUT2D eigenvalue weighted by atomic mass is 16.6. The van der Waals surface area contributed by atoms with E-state index in [1.165, 1.54) is 12.1 Å². The second kappa shape index (κ2) is 8.12. The van der Waals surface area contributed by atoms with E-state index >= 15 is 0 Å². The van der Waals surface area contributed by atoms with Gasteiger partial charge >= 0.3 is 5.97 Å². The molecule has 0 spiro atoms. The Kier molecular flexibility index (Phi) is 5.92. The van der Waals surface area contributed by atoms with E-state index in [1.54, 1.807) is 6.92 Å². The molecule has 0 aliphatic carbocycles. The summed E-state index contributed by atoms with van der Waals surface area (Å²) >= 11 is 0. The van der Waals surface area contributed by atoms with Gasteiger partial charge in [-0.3, -0.25) is 4.79 Å². The van der Waals surface area contributed by atoms with Crippen LogP contribution in [0.15, 0.2) is 42.5 Å². The van der Waals surface area contributed by atoms with Crippen LogP contribution in [0.25, 0.3) is 0 Å². The Hall–Kier alpha value is -2.86. The summed E-state index contributed by atoms with van der Waals surface area (Å²) in [6, 6.07) is 12.2. The molecule has 2 aromatic rings. The fourth-order valence-corrected chi connectivity index (χ4v) is 2.09. The third kappa shape index (κ3) is 4.33. The second-order valence-electron chi connectivity index (χ2n) is 5.15. The fraction of sp³-hybridized carbons (Fsp3) is 0.222. The van der Waals surface area contributed by atoms with E-state index in [0.717, 1.165) is 5.56 Å². The van der Waals surface area contributed by atoms with Gasteiger partial charge in [-0.1, -0.05) is 30.3 Å². The van der Waals surface area contributed by atoms with Crippen molar-refractivity contribution in [2.24, 2.45) is 5.73 Å². The Morgan fingerprint density at radius 1 is 1.12 bits per heavy atom. The highest BCUT2D eigenvalue weighted by Gasteiger charge is 2.15. The van der Waals surface area contributed by atoms with E-state index in [0.29, 0.717) is 11.3 Å². The number of esters is 1. The van der Waals surface area contributed by atoms with Gasteiger partial charge in [0.15, 0.2) is 12.4 Å². The molecule has 0 atom stereocenters. The van der Waals surface area contributed by atoms with Crippen molar-refractivity contribution in [3.05, 3.63) is 59.2 Å². The van der Waals surface area contributed by atoms with Crippen molar-refractivity contribution in [2.45, 2.75) is 13.5 Å².